The van der Waals surface area contributed by atoms with Crippen LogP contribution in [0, 0.1) is 0 Å². The number of halogens is 5. The van der Waals surface area contributed by atoms with E-state index >= 15 is 0 Å². The second kappa shape index (κ2) is 4.66. The highest BCUT2D eigenvalue weighted by Gasteiger charge is 2.48. The average molecular weight is 316 g/mol. The topological polar surface area (TPSA) is 43.4 Å². The first-order valence-electron chi connectivity index (χ1n) is 5.48. The Bertz CT molecular complexity index is 583. The molecule has 9 heteroatoms. The number of hydrogen-bond donors (Lipinski definition) is 0. The minimum Gasteiger partial charge on any atom is -0.263 e. The molecule has 0 aromatic heterocycles. The Morgan fingerprint density at radius 3 is 2.00 bits per heavy atom. The monoisotopic (exact) mass is 316 g/mol. The van der Waals surface area contributed by atoms with E-state index in [0.29, 0.717) is 12.1 Å². The molecule has 3 nitrogen and oxygen atoms in total. The molecule has 0 unspecified atom stereocenters. The molecule has 0 spiro atoms. The first-order chi connectivity index (χ1) is 9.00. The molecule has 0 N–H and O–H groups in total. The summed E-state index contributed by atoms with van der Waals surface area (Å²) in [5.41, 5.74) is -1.01. The summed E-state index contributed by atoms with van der Waals surface area (Å²) in [7, 11) is -4.33. The molecule has 0 atom stereocenters. The van der Waals surface area contributed by atoms with Gasteiger partial charge in [0.15, 0.2) is 0 Å². The molecule has 0 bridgehead atoms. The van der Waals surface area contributed by atoms with E-state index in [4.69, 9.17) is 0 Å². The summed E-state index contributed by atoms with van der Waals surface area (Å²) in [5, 5.41) is 0. The van der Waals surface area contributed by atoms with Gasteiger partial charge in [0.2, 0.25) is 0 Å². The standard InChI is InChI=1S/C11H9F5O3S/c12-10(13)5-8(6-10)19-20(17,18)9-3-1-7(2-4-9)11(14,15)16/h1-4,8H,5-6H2. The van der Waals surface area contributed by atoms with Crippen molar-refractivity contribution >= 4 is 10.1 Å². The molecular weight excluding hydrogens is 307 g/mol. The van der Waals surface area contributed by atoms with Gasteiger partial charge in [-0.3, -0.25) is 4.18 Å². The zero-order chi connectivity index (χ0) is 15.2. The van der Waals surface area contributed by atoms with Crippen molar-refractivity contribution in [2.45, 2.75) is 35.9 Å². The minimum absolute atomic E-state index is 0.499. The summed E-state index contributed by atoms with van der Waals surface area (Å²) < 4.78 is 89.9. The van der Waals surface area contributed by atoms with E-state index < -0.39 is 51.6 Å². The van der Waals surface area contributed by atoms with Crippen LogP contribution in [0.15, 0.2) is 29.2 Å². The first-order valence-corrected chi connectivity index (χ1v) is 6.89. The van der Waals surface area contributed by atoms with Crippen LogP contribution >= 0.6 is 0 Å². The second-order valence-electron chi connectivity index (χ2n) is 4.46. The Morgan fingerprint density at radius 2 is 1.60 bits per heavy atom. The molecule has 2 rings (SSSR count). The Balaban J connectivity index is 2.11. The molecular formula is C11H9F5O3S. The van der Waals surface area contributed by atoms with Crippen molar-refractivity contribution in [2.75, 3.05) is 0 Å². The fourth-order valence-corrected chi connectivity index (χ4v) is 2.79. The summed E-state index contributed by atoms with van der Waals surface area (Å²) in [6, 6.07) is 2.64. The minimum atomic E-state index is -4.58. The lowest BCUT2D eigenvalue weighted by Gasteiger charge is -2.33. The lowest BCUT2D eigenvalue weighted by atomic mass is 9.91. The molecule has 1 saturated carbocycles. The van der Waals surface area contributed by atoms with Crippen LogP contribution in [-0.2, 0) is 20.5 Å². The third-order valence-corrected chi connectivity index (χ3v) is 4.16. The predicted octanol–water partition coefficient (Wildman–Crippen LogP) is 3.21. The quantitative estimate of drug-likeness (QED) is 0.635. The normalized spacial score (nSPS) is 19.6. The summed E-state index contributed by atoms with van der Waals surface area (Å²) >= 11 is 0. The van der Waals surface area contributed by atoms with Crippen LogP contribution in [0.5, 0.6) is 0 Å². The van der Waals surface area contributed by atoms with Crippen LogP contribution < -0.4 is 0 Å². The maximum atomic E-state index is 12.6. The molecule has 1 aliphatic carbocycles. The number of alkyl halides is 5. The predicted molar refractivity (Wildman–Crippen MR) is 57.7 cm³/mol. The third kappa shape index (κ3) is 3.26. The van der Waals surface area contributed by atoms with E-state index in [0.717, 1.165) is 12.1 Å². The van der Waals surface area contributed by atoms with Gasteiger partial charge in [0.25, 0.3) is 16.0 Å². The van der Waals surface area contributed by atoms with E-state index in [2.05, 4.69) is 4.18 Å². The molecule has 1 aliphatic rings. The van der Waals surface area contributed by atoms with Crippen LogP contribution in [0.2, 0.25) is 0 Å². The summed E-state index contributed by atoms with van der Waals surface area (Å²) in [6.07, 6.45) is -7.16. The van der Waals surface area contributed by atoms with Crippen LogP contribution in [0.3, 0.4) is 0 Å². The van der Waals surface area contributed by atoms with Crippen molar-refractivity contribution in [2.24, 2.45) is 0 Å². The van der Waals surface area contributed by atoms with Gasteiger partial charge in [-0.2, -0.15) is 21.6 Å². The van der Waals surface area contributed by atoms with Crippen LogP contribution in [-0.4, -0.2) is 20.4 Å². The smallest absolute Gasteiger partial charge is 0.263 e. The van der Waals surface area contributed by atoms with Crippen LogP contribution in [0.4, 0.5) is 22.0 Å². The van der Waals surface area contributed by atoms with Gasteiger partial charge in [-0.1, -0.05) is 0 Å². The SMILES string of the molecule is O=S(=O)(OC1CC(F)(F)C1)c1ccc(C(F)(F)F)cc1. The molecule has 20 heavy (non-hydrogen) atoms. The first kappa shape index (κ1) is 15.2. The largest absolute Gasteiger partial charge is 0.416 e. The van der Waals surface area contributed by atoms with Gasteiger partial charge < -0.3 is 0 Å². The number of hydrogen-bond acceptors (Lipinski definition) is 3. The third-order valence-electron chi connectivity index (χ3n) is 2.79. The van der Waals surface area contributed by atoms with E-state index in [-0.39, 0.29) is 0 Å². The zero-order valence-corrected chi connectivity index (χ0v) is 10.6. The van der Waals surface area contributed by atoms with Crippen molar-refractivity contribution in [1.29, 1.82) is 0 Å². The maximum absolute atomic E-state index is 12.6. The van der Waals surface area contributed by atoms with Gasteiger partial charge in [0.05, 0.1) is 16.6 Å². The van der Waals surface area contributed by atoms with Crippen molar-refractivity contribution in [1.82, 2.24) is 0 Å². The van der Waals surface area contributed by atoms with Crippen molar-refractivity contribution < 1.29 is 34.6 Å². The molecule has 0 aliphatic heterocycles. The highest BCUT2D eigenvalue weighted by molar-refractivity contribution is 7.86. The Kier molecular flexibility index (Phi) is 3.53. The highest BCUT2D eigenvalue weighted by atomic mass is 32.2. The molecule has 0 saturated heterocycles. The number of benzene rings is 1. The van der Waals surface area contributed by atoms with E-state index in [1.807, 2.05) is 0 Å². The summed E-state index contributed by atoms with van der Waals surface area (Å²) in [5.74, 6) is -2.94. The van der Waals surface area contributed by atoms with Gasteiger partial charge in [0, 0.05) is 12.8 Å². The van der Waals surface area contributed by atoms with E-state index in [9.17, 15) is 30.4 Å². The van der Waals surface area contributed by atoms with Gasteiger partial charge >= 0.3 is 6.18 Å². The molecule has 0 heterocycles. The summed E-state index contributed by atoms with van der Waals surface area (Å²) in [4.78, 5) is -0.499. The molecule has 1 aromatic carbocycles. The molecule has 0 amide bonds. The second-order valence-corrected chi connectivity index (χ2v) is 6.03. The summed E-state index contributed by atoms with van der Waals surface area (Å²) in [6.45, 7) is 0. The zero-order valence-electron chi connectivity index (χ0n) is 9.82. The number of rotatable bonds is 3. The van der Waals surface area contributed by atoms with Crippen LogP contribution in [0.1, 0.15) is 18.4 Å². The lowest BCUT2D eigenvalue weighted by molar-refractivity contribution is -0.137. The van der Waals surface area contributed by atoms with E-state index in [1.54, 1.807) is 0 Å². The average Bonchev–Trinajstić information content (AvgIpc) is 2.25. The van der Waals surface area contributed by atoms with Crippen molar-refractivity contribution in [3.63, 3.8) is 0 Å². The van der Waals surface area contributed by atoms with Crippen molar-refractivity contribution in [3.05, 3.63) is 29.8 Å². The molecule has 1 aromatic rings. The fraction of sp³-hybridized carbons (Fsp3) is 0.455. The molecule has 112 valence electrons. The fourth-order valence-electron chi connectivity index (χ4n) is 1.72. The van der Waals surface area contributed by atoms with Gasteiger partial charge in [-0.05, 0) is 24.3 Å². The van der Waals surface area contributed by atoms with Crippen LogP contribution in [0.25, 0.3) is 0 Å². The highest BCUT2D eigenvalue weighted by Crippen LogP contribution is 2.40. The Labute approximate surface area is 111 Å². The lowest BCUT2D eigenvalue weighted by Crippen LogP contribution is -2.42. The van der Waals surface area contributed by atoms with E-state index in [1.165, 1.54) is 0 Å². The molecule has 1 fully saturated rings. The maximum Gasteiger partial charge on any atom is 0.416 e. The van der Waals surface area contributed by atoms with Gasteiger partial charge in [0.1, 0.15) is 0 Å². The Hall–Kier alpha value is -1.22. The molecule has 0 radical (unpaired) electrons. The Morgan fingerprint density at radius 1 is 1.10 bits per heavy atom. The van der Waals surface area contributed by atoms with Gasteiger partial charge in [-0.25, -0.2) is 8.78 Å². The van der Waals surface area contributed by atoms with Gasteiger partial charge in [-0.15, -0.1) is 0 Å². The van der Waals surface area contributed by atoms with Crippen molar-refractivity contribution in [3.8, 4) is 0 Å².